The summed E-state index contributed by atoms with van der Waals surface area (Å²) in [5.74, 6) is 0.211. The highest BCUT2D eigenvalue weighted by molar-refractivity contribution is 9.10. The van der Waals surface area contributed by atoms with Gasteiger partial charge in [-0.3, -0.25) is 4.79 Å². The summed E-state index contributed by atoms with van der Waals surface area (Å²) < 4.78 is 2.00. The van der Waals surface area contributed by atoms with E-state index in [2.05, 4.69) is 27.8 Å². The minimum Gasteiger partial charge on any atom is -0.337 e. The van der Waals surface area contributed by atoms with Crippen LogP contribution in [0.5, 0.6) is 0 Å². The summed E-state index contributed by atoms with van der Waals surface area (Å²) in [6.45, 7) is 3.74. The van der Waals surface area contributed by atoms with Gasteiger partial charge in [0.05, 0.1) is 11.2 Å². The Morgan fingerprint density at radius 2 is 2.53 bits per heavy atom. The average molecular weight is 272 g/mol. The molecule has 2 heterocycles. The van der Waals surface area contributed by atoms with E-state index in [-0.39, 0.29) is 16.8 Å². The van der Waals surface area contributed by atoms with E-state index in [9.17, 15) is 4.79 Å². The number of aromatic nitrogens is 2. The van der Waals surface area contributed by atoms with Gasteiger partial charge in [-0.05, 0) is 13.3 Å². The van der Waals surface area contributed by atoms with Gasteiger partial charge in [-0.25, -0.2) is 4.98 Å². The Morgan fingerprint density at radius 3 is 3.07 bits per heavy atom. The first kappa shape index (κ1) is 10.7. The molecule has 82 valence electrons. The highest BCUT2D eigenvalue weighted by atomic mass is 79.9. The van der Waals surface area contributed by atoms with Gasteiger partial charge in [0, 0.05) is 31.5 Å². The summed E-state index contributed by atoms with van der Waals surface area (Å²) in [7, 11) is 0. The predicted molar refractivity (Wildman–Crippen MR) is 60.7 cm³/mol. The largest absolute Gasteiger partial charge is 0.337 e. The van der Waals surface area contributed by atoms with E-state index in [1.165, 1.54) is 0 Å². The van der Waals surface area contributed by atoms with Crippen LogP contribution in [0.25, 0.3) is 0 Å². The van der Waals surface area contributed by atoms with Crippen LogP contribution in [0, 0.1) is 0 Å². The van der Waals surface area contributed by atoms with E-state index < -0.39 is 0 Å². The Labute approximate surface area is 97.4 Å². The number of likely N-dealkylation sites (tertiary alicyclic amines) is 1. The third-order valence-corrected chi connectivity index (χ3v) is 3.59. The highest BCUT2D eigenvalue weighted by Gasteiger charge is 2.32. The van der Waals surface area contributed by atoms with Crippen molar-refractivity contribution in [2.24, 2.45) is 0 Å². The van der Waals surface area contributed by atoms with E-state index in [1.807, 2.05) is 15.7 Å². The molecule has 1 saturated heterocycles. The van der Waals surface area contributed by atoms with Crippen molar-refractivity contribution >= 4 is 21.8 Å². The molecule has 4 nitrogen and oxygen atoms in total. The number of rotatable bonds is 3. The van der Waals surface area contributed by atoms with Crippen molar-refractivity contribution in [1.29, 1.82) is 0 Å². The van der Waals surface area contributed by atoms with Crippen LogP contribution in [-0.2, 0) is 11.3 Å². The van der Waals surface area contributed by atoms with Gasteiger partial charge in [0.1, 0.15) is 0 Å². The van der Waals surface area contributed by atoms with Crippen LogP contribution < -0.4 is 0 Å². The van der Waals surface area contributed by atoms with Gasteiger partial charge in [-0.15, -0.1) is 0 Å². The van der Waals surface area contributed by atoms with Crippen LogP contribution in [0.15, 0.2) is 18.7 Å². The number of imidazole rings is 1. The molecule has 0 aliphatic carbocycles. The van der Waals surface area contributed by atoms with E-state index in [0.717, 1.165) is 19.5 Å². The summed E-state index contributed by atoms with van der Waals surface area (Å²) in [6, 6.07) is 0.231. The fourth-order valence-corrected chi connectivity index (χ4v) is 2.37. The van der Waals surface area contributed by atoms with Gasteiger partial charge in [0.2, 0.25) is 5.91 Å². The molecule has 5 heteroatoms. The molecule has 15 heavy (non-hydrogen) atoms. The van der Waals surface area contributed by atoms with E-state index >= 15 is 0 Å². The first-order valence-corrected chi connectivity index (χ1v) is 6.00. The maximum atomic E-state index is 11.7. The van der Waals surface area contributed by atoms with Gasteiger partial charge in [0.15, 0.2) is 0 Å². The minimum absolute atomic E-state index is 0.0164. The maximum absolute atomic E-state index is 11.7. The molecule has 2 unspecified atom stereocenters. The quantitative estimate of drug-likeness (QED) is 0.777. The van der Waals surface area contributed by atoms with Crippen molar-refractivity contribution in [3.63, 3.8) is 0 Å². The third kappa shape index (κ3) is 2.22. The lowest BCUT2D eigenvalue weighted by Crippen LogP contribution is -2.38. The topological polar surface area (TPSA) is 38.1 Å². The van der Waals surface area contributed by atoms with E-state index in [0.29, 0.717) is 0 Å². The molecule has 1 aromatic heterocycles. The monoisotopic (exact) mass is 271 g/mol. The SMILES string of the molecule is CC(Cn1ccnc1)N1CCC(Br)C1=O. The zero-order valence-corrected chi connectivity index (χ0v) is 10.2. The summed E-state index contributed by atoms with van der Waals surface area (Å²) >= 11 is 3.38. The smallest absolute Gasteiger partial charge is 0.236 e. The lowest BCUT2D eigenvalue weighted by atomic mass is 10.3. The Bertz CT molecular complexity index is 338. The number of hydrogen-bond acceptors (Lipinski definition) is 2. The van der Waals surface area contributed by atoms with Crippen LogP contribution in [0.4, 0.5) is 0 Å². The molecule has 2 atom stereocenters. The van der Waals surface area contributed by atoms with Crippen molar-refractivity contribution in [3.05, 3.63) is 18.7 Å². The van der Waals surface area contributed by atoms with Gasteiger partial charge >= 0.3 is 0 Å². The highest BCUT2D eigenvalue weighted by Crippen LogP contribution is 2.21. The lowest BCUT2D eigenvalue weighted by molar-refractivity contribution is -0.129. The van der Waals surface area contributed by atoms with E-state index in [1.54, 1.807) is 12.5 Å². The molecule has 1 fully saturated rings. The van der Waals surface area contributed by atoms with E-state index in [4.69, 9.17) is 0 Å². The first-order valence-electron chi connectivity index (χ1n) is 5.09. The average Bonchev–Trinajstić information content (AvgIpc) is 2.79. The summed E-state index contributed by atoms with van der Waals surface area (Å²) in [6.07, 6.45) is 6.37. The molecule has 0 N–H and O–H groups in total. The van der Waals surface area contributed by atoms with Crippen LogP contribution in [0.3, 0.4) is 0 Å². The van der Waals surface area contributed by atoms with Crippen molar-refractivity contribution < 1.29 is 4.79 Å². The maximum Gasteiger partial charge on any atom is 0.236 e. The number of carbonyl (C=O) groups excluding carboxylic acids is 1. The second-order valence-corrected chi connectivity index (χ2v) is 5.00. The zero-order valence-electron chi connectivity index (χ0n) is 8.64. The number of carbonyl (C=O) groups is 1. The fraction of sp³-hybridized carbons (Fsp3) is 0.600. The minimum atomic E-state index is 0.0164. The van der Waals surface area contributed by atoms with Gasteiger partial charge in [0.25, 0.3) is 0 Å². The number of nitrogens with zero attached hydrogens (tertiary/aromatic N) is 3. The van der Waals surface area contributed by atoms with Crippen molar-refractivity contribution in [3.8, 4) is 0 Å². The van der Waals surface area contributed by atoms with Gasteiger partial charge in [-0.2, -0.15) is 0 Å². The standard InChI is InChI=1S/C10H14BrN3O/c1-8(6-13-5-3-12-7-13)14-4-2-9(11)10(14)15/h3,5,7-9H,2,4,6H2,1H3. The summed E-state index contributed by atoms with van der Waals surface area (Å²) in [5, 5.41) is 0. The second-order valence-electron chi connectivity index (χ2n) is 3.90. The Hall–Kier alpha value is -0.840. The van der Waals surface area contributed by atoms with Crippen LogP contribution >= 0.6 is 15.9 Å². The normalized spacial score (nSPS) is 23.5. The summed E-state index contributed by atoms with van der Waals surface area (Å²) in [4.78, 5) is 17.7. The fourth-order valence-electron chi connectivity index (χ4n) is 1.90. The molecule has 0 saturated carbocycles. The van der Waals surface area contributed by atoms with Crippen molar-refractivity contribution in [2.75, 3.05) is 6.54 Å². The summed E-state index contributed by atoms with van der Waals surface area (Å²) in [5.41, 5.74) is 0. The van der Waals surface area contributed by atoms with Crippen LogP contribution in [0.2, 0.25) is 0 Å². The van der Waals surface area contributed by atoms with Gasteiger partial charge in [-0.1, -0.05) is 15.9 Å². The Morgan fingerprint density at radius 1 is 1.73 bits per heavy atom. The van der Waals surface area contributed by atoms with Crippen LogP contribution in [-0.4, -0.2) is 37.8 Å². The number of alkyl halides is 1. The molecule has 0 bridgehead atoms. The molecule has 1 aliphatic rings. The molecular weight excluding hydrogens is 258 g/mol. The molecule has 0 radical (unpaired) electrons. The molecule has 0 aromatic carbocycles. The van der Waals surface area contributed by atoms with Crippen molar-refractivity contribution in [1.82, 2.24) is 14.5 Å². The van der Waals surface area contributed by atoms with Crippen LogP contribution in [0.1, 0.15) is 13.3 Å². The zero-order chi connectivity index (χ0) is 10.8. The Balaban J connectivity index is 1.97. The molecule has 1 amide bonds. The molecule has 1 aromatic rings. The molecule has 1 aliphatic heterocycles. The molecule has 0 spiro atoms. The Kier molecular flexibility index (Phi) is 3.09. The molecular formula is C10H14BrN3O. The molecule has 2 rings (SSSR count). The lowest BCUT2D eigenvalue weighted by Gasteiger charge is -2.24. The second kappa shape index (κ2) is 4.35. The number of hydrogen-bond donors (Lipinski definition) is 0. The van der Waals surface area contributed by atoms with Gasteiger partial charge < -0.3 is 9.47 Å². The number of halogens is 1. The predicted octanol–water partition coefficient (Wildman–Crippen LogP) is 1.27. The first-order chi connectivity index (χ1) is 7.18. The third-order valence-electron chi connectivity index (χ3n) is 2.74. The van der Waals surface area contributed by atoms with Crippen molar-refractivity contribution in [2.45, 2.75) is 30.8 Å². The number of amides is 1.